The molecule has 0 spiro atoms. The molecule has 0 fully saturated rings. The van der Waals surface area contributed by atoms with Crippen LogP contribution < -0.4 is 16.6 Å². The van der Waals surface area contributed by atoms with Gasteiger partial charge in [0.1, 0.15) is 11.3 Å². The summed E-state index contributed by atoms with van der Waals surface area (Å²) in [6.07, 6.45) is 0. The number of pyridine rings is 1. The van der Waals surface area contributed by atoms with Crippen LogP contribution in [0.1, 0.15) is 23.0 Å². The Morgan fingerprint density at radius 3 is 2.45 bits per heavy atom. The first-order chi connectivity index (χ1) is 13.7. The number of nitrogens with one attached hydrogen (secondary N) is 1. The Kier molecular flexibility index (Phi) is 5.31. The maximum atomic E-state index is 12.8. The van der Waals surface area contributed by atoms with Crippen molar-refractivity contribution in [3.05, 3.63) is 68.5 Å². The lowest BCUT2D eigenvalue weighted by Gasteiger charge is -2.18. The van der Waals surface area contributed by atoms with E-state index >= 15 is 0 Å². The Bertz CT molecular complexity index is 1240. The summed E-state index contributed by atoms with van der Waals surface area (Å²) in [4.78, 5) is 54.4. The molecule has 3 rings (SSSR count). The molecular weight excluding hydrogens is 374 g/mol. The highest BCUT2D eigenvalue weighted by Crippen LogP contribution is 2.18. The monoisotopic (exact) mass is 395 g/mol. The van der Waals surface area contributed by atoms with Crippen molar-refractivity contribution in [2.24, 2.45) is 14.1 Å². The van der Waals surface area contributed by atoms with Crippen LogP contribution in [0.4, 0.5) is 5.69 Å². The summed E-state index contributed by atoms with van der Waals surface area (Å²) in [7, 11) is 4.55. The summed E-state index contributed by atoms with van der Waals surface area (Å²) in [5.41, 5.74) is 0.516. The van der Waals surface area contributed by atoms with Gasteiger partial charge in [0.25, 0.3) is 11.5 Å². The van der Waals surface area contributed by atoms with Crippen LogP contribution in [-0.2, 0) is 25.4 Å². The molecule has 9 nitrogen and oxygen atoms in total. The first-order valence-electron chi connectivity index (χ1n) is 8.88. The molecule has 0 aliphatic rings. The third kappa shape index (κ3) is 3.79. The number of nitrogens with zero attached hydrogens (tertiary/aromatic N) is 4. The highest BCUT2D eigenvalue weighted by Gasteiger charge is 2.15. The van der Waals surface area contributed by atoms with Crippen molar-refractivity contribution in [3.8, 4) is 0 Å². The SMILES string of the molecule is CC(=O)N(C)Cc1ccccc1NC(=O)c1ccc2c(=O)n(C)c(=O)n(C)c2n1. The predicted octanol–water partition coefficient (Wildman–Crippen LogP) is 0.863. The van der Waals surface area contributed by atoms with Crippen LogP contribution in [0, 0.1) is 0 Å². The molecule has 9 heteroatoms. The minimum atomic E-state index is -0.523. The lowest BCUT2D eigenvalue weighted by atomic mass is 10.1. The fourth-order valence-electron chi connectivity index (χ4n) is 2.91. The minimum Gasteiger partial charge on any atom is -0.342 e. The minimum absolute atomic E-state index is 0.0653. The van der Waals surface area contributed by atoms with E-state index < -0.39 is 17.2 Å². The van der Waals surface area contributed by atoms with E-state index in [1.54, 1.807) is 19.2 Å². The average molecular weight is 395 g/mol. The number of carbonyl (C=O) groups is 2. The summed E-state index contributed by atoms with van der Waals surface area (Å²) in [5.74, 6) is -0.581. The van der Waals surface area contributed by atoms with Gasteiger partial charge >= 0.3 is 5.69 Å². The Morgan fingerprint density at radius 2 is 1.76 bits per heavy atom. The van der Waals surface area contributed by atoms with Gasteiger partial charge in [0, 0.05) is 40.3 Å². The maximum Gasteiger partial charge on any atom is 0.332 e. The largest absolute Gasteiger partial charge is 0.342 e. The molecule has 0 aliphatic heterocycles. The van der Waals surface area contributed by atoms with Gasteiger partial charge in [0.2, 0.25) is 5.91 Å². The lowest BCUT2D eigenvalue weighted by Crippen LogP contribution is -2.37. The van der Waals surface area contributed by atoms with Crippen molar-refractivity contribution in [1.82, 2.24) is 19.0 Å². The molecule has 0 unspecified atom stereocenters. The van der Waals surface area contributed by atoms with E-state index in [4.69, 9.17) is 0 Å². The van der Waals surface area contributed by atoms with Crippen LogP contribution in [0.3, 0.4) is 0 Å². The zero-order valence-electron chi connectivity index (χ0n) is 16.6. The van der Waals surface area contributed by atoms with E-state index in [1.165, 1.54) is 42.6 Å². The fourth-order valence-corrected chi connectivity index (χ4v) is 2.91. The van der Waals surface area contributed by atoms with Crippen molar-refractivity contribution < 1.29 is 9.59 Å². The second-order valence-corrected chi connectivity index (χ2v) is 6.76. The summed E-state index contributed by atoms with van der Waals surface area (Å²) < 4.78 is 2.22. The van der Waals surface area contributed by atoms with E-state index in [0.717, 1.165) is 10.1 Å². The molecule has 150 valence electrons. The highest BCUT2D eigenvalue weighted by molar-refractivity contribution is 6.04. The van der Waals surface area contributed by atoms with E-state index in [2.05, 4.69) is 10.3 Å². The van der Waals surface area contributed by atoms with Gasteiger partial charge in [-0.05, 0) is 23.8 Å². The molecule has 0 saturated heterocycles. The van der Waals surface area contributed by atoms with E-state index in [0.29, 0.717) is 12.2 Å². The third-order valence-electron chi connectivity index (χ3n) is 4.75. The van der Waals surface area contributed by atoms with Crippen LogP contribution in [-0.4, -0.2) is 37.9 Å². The fraction of sp³-hybridized carbons (Fsp3) is 0.250. The Morgan fingerprint density at radius 1 is 1.07 bits per heavy atom. The van der Waals surface area contributed by atoms with Gasteiger partial charge in [0.05, 0.1) is 5.39 Å². The third-order valence-corrected chi connectivity index (χ3v) is 4.75. The van der Waals surface area contributed by atoms with Gasteiger partial charge in [-0.1, -0.05) is 18.2 Å². The number of hydrogen-bond donors (Lipinski definition) is 1. The van der Waals surface area contributed by atoms with Crippen LogP contribution in [0.25, 0.3) is 11.0 Å². The number of hydrogen-bond acceptors (Lipinski definition) is 5. The topological polar surface area (TPSA) is 106 Å². The van der Waals surface area contributed by atoms with Crippen molar-refractivity contribution >= 4 is 28.5 Å². The number of fused-ring (bicyclic) bond motifs is 1. The predicted molar refractivity (Wildman–Crippen MR) is 109 cm³/mol. The number of para-hydroxylation sites is 1. The number of aromatic nitrogens is 3. The summed E-state index contributed by atoms with van der Waals surface area (Å²) >= 11 is 0. The van der Waals surface area contributed by atoms with Crippen molar-refractivity contribution in [2.45, 2.75) is 13.5 Å². The molecule has 0 bridgehead atoms. The van der Waals surface area contributed by atoms with E-state index in [1.807, 2.05) is 12.1 Å². The molecule has 2 aromatic heterocycles. The summed E-state index contributed by atoms with van der Waals surface area (Å²) in [6.45, 7) is 1.80. The van der Waals surface area contributed by atoms with Gasteiger partial charge in [0.15, 0.2) is 0 Å². The molecule has 1 N–H and O–H groups in total. The van der Waals surface area contributed by atoms with Gasteiger partial charge in [-0.3, -0.25) is 23.5 Å². The Balaban J connectivity index is 1.97. The molecule has 2 amide bonds. The van der Waals surface area contributed by atoms with Crippen LogP contribution in [0.2, 0.25) is 0 Å². The number of aryl methyl sites for hydroxylation is 1. The Hall–Kier alpha value is -3.75. The van der Waals surface area contributed by atoms with Crippen molar-refractivity contribution in [3.63, 3.8) is 0 Å². The number of anilines is 1. The smallest absolute Gasteiger partial charge is 0.332 e. The molecule has 0 aliphatic carbocycles. The van der Waals surface area contributed by atoms with Crippen LogP contribution in [0.15, 0.2) is 46.0 Å². The molecule has 1 aromatic carbocycles. The molecule has 3 aromatic rings. The van der Waals surface area contributed by atoms with Crippen LogP contribution >= 0.6 is 0 Å². The normalized spacial score (nSPS) is 10.8. The lowest BCUT2D eigenvalue weighted by molar-refractivity contribution is -0.128. The number of carbonyl (C=O) groups excluding carboxylic acids is 2. The number of rotatable bonds is 4. The van der Waals surface area contributed by atoms with Crippen molar-refractivity contribution in [2.75, 3.05) is 12.4 Å². The van der Waals surface area contributed by atoms with Gasteiger partial charge in [-0.25, -0.2) is 9.78 Å². The van der Waals surface area contributed by atoms with Crippen molar-refractivity contribution in [1.29, 1.82) is 0 Å². The summed E-state index contributed by atoms with van der Waals surface area (Å²) in [5, 5.41) is 3.03. The number of benzene rings is 1. The second kappa shape index (κ2) is 7.70. The zero-order valence-corrected chi connectivity index (χ0v) is 16.6. The Labute approximate surface area is 166 Å². The quantitative estimate of drug-likeness (QED) is 0.705. The van der Waals surface area contributed by atoms with Gasteiger partial charge in [-0.15, -0.1) is 0 Å². The zero-order chi connectivity index (χ0) is 21.3. The first-order valence-corrected chi connectivity index (χ1v) is 8.88. The highest BCUT2D eigenvalue weighted by atomic mass is 16.2. The van der Waals surface area contributed by atoms with Crippen LogP contribution in [0.5, 0.6) is 0 Å². The standard InChI is InChI=1S/C20H21N5O4/c1-12(26)23(2)11-13-7-5-6-8-15(13)22-18(27)16-10-9-14-17(21-16)24(3)20(29)25(4)19(14)28/h5-10H,11H2,1-4H3,(H,22,27). The first kappa shape index (κ1) is 20.0. The van der Waals surface area contributed by atoms with E-state index in [9.17, 15) is 19.2 Å². The molecule has 2 heterocycles. The molecular formula is C20H21N5O4. The molecule has 0 radical (unpaired) electrons. The number of amides is 2. The second-order valence-electron chi connectivity index (χ2n) is 6.76. The summed E-state index contributed by atoms with van der Waals surface area (Å²) in [6, 6.07) is 10.1. The van der Waals surface area contributed by atoms with Gasteiger partial charge < -0.3 is 10.2 Å². The van der Waals surface area contributed by atoms with Gasteiger partial charge in [-0.2, -0.15) is 0 Å². The van der Waals surface area contributed by atoms with E-state index in [-0.39, 0.29) is 22.6 Å². The average Bonchev–Trinajstić information content (AvgIpc) is 2.71. The molecule has 29 heavy (non-hydrogen) atoms. The molecule has 0 atom stereocenters. The maximum absolute atomic E-state index is 12.8. The molecule has 0 saturated carbocycles.